The van der Waals surface area contributed by atoms with Crippen molar-refractivity contribution in [1.29, 1.82) is 0 Å². The van der Waals surface area contributed by atoms with Gasteiger partial charge >= 0.3 is 0 Å². The van der Waals surface area contributed by atoms with Crippen molar-refractivity contribution in [3.63, 3.8) is 0 Å². The minimum Gasteiger partial charge on any atom is -0.493 e. The number of rotatable bonds is 3. The van der Waals surface area contributed by atoms with Crippen molar-refractivity contribution >= 4 is 15.9 Å². The topological polar surface area (TPSA) is 18.5 Å². The van der Waals surface area contributed by atoms with E-state index in [0.717, 1.165) is 23.2 Å². The van der Waals surface area contributed by atoms with Crippen LogP contribution in [0.5, 0.6) is 11.5 Å². The van der Waals surface area contributed by atoms with Gasteiger partial charge in [-0.15, -0.1) is 0 Å². The Balaban J connectivity index is 2.38. The first-order valence-corrected chi connectivity index (χ1v) is 5.73. The molecule has 2 rings (SSSR count). The lowest BCUT2D eigenvalue weighted by molar-refractivity contribution is 0.352. The first-order chi connectivity index (χ1) is 6.80. The predicted molar refractivity (Wildman–Crippen MR) is 59.8 cm³/mol. The maximum Gasteiger partial charge on any atom is 0.161 e. The van der Waals surface area contributed by atoms with Crippen molar-refractivity contribution in [3.05, 3.63) is 23.3 Å². The summed E-state index contributed by atoms with van der Waals surface area (Å²) < 4.78 is 10.5. The quantitative estimate of drug-likeness (QED) is 0.775. The summed E-state index contributed by atoms with van der Waals surface area (Å²) in [5.41, 5.74) is 2.77. The van der Waals surface area contributed by atoms with Crippen LogP contribution in [-0.4, -0.2) is 19.5 Å². The van der Waals surface area contributed by atoms with Gasteiger partial charge in [0.2, 0.25) is 0 Å². The lowest BCUT2D eigenvalue weighted by Crippen LogP contribution is -2.18. The maximum atomic E-state index is 5.26. The van der Waals surface area contributed by atoms with Gasteiger partial charge in [0, 0.05) is 5.33 Å². The third-order valence-corrected chi connectivity index (χ3v) is 3.52. The molecule has 1 atom stereocenters. The molecule has 1 unspecified atom stereocenters. The van der Waals surface area contributed by atoms with Crippen LogP contribution >= 0.6 is 15.9 Å². The van der Waals surface area contributed by atoms with Crippen LogP contribution in [0, 0.1) is 0 Å². The Kier molecular flexibility index (Phi) is 2.68. The van der Waals surface area contributed by atoms with E-state index in [2.05, 4.69) is 28.1 Å². The fourth-order valence-corrected chi connectivity index (χ4v) is 2.45. The molecule has 3 heteroatoms. The molecule has 0 saturated heterocycles. The molecule has 0 heterocycles. The Morgan fingerprint density at radius 1 is 1.29 bits per heavy atom. The summed E-state index contributed by atoms with van der Waals surface area (Å²) in [6, 6.07) is 4.16. The molecule has 0 N–H and O–H groups in total. The molecule has 0 aliphatic heterocycles. The third-order valence-electron chi connectivity index (χ3n) is 2.74. The van der Waals surface area contributed by atoms with Gasteiger partial charge in [-0.3, -0.25) is 0 Å². The van der Waals surface area contributed by atoms with Crippen LogP contribution < -0.4 is 9.47 Å². The first-order valence-electron chi connectivity index (χ1n) is 4.61. The first kappa shape index (κ1) is 9.84. The smallest absolute Gasteiger partial charge is 0.161 e. The van der Waals surface area contributed by atoms with Crippen LogP contribution in [0.1, 0.15) is 17.0 Å². The van der Waals surface area contributed by atoms with E-state index in [-0.39, 0.29) is 0 Å². The van der Waals surface area contributed by atoms with Gasteiger partial charge in [-0.2, -0.15) is 0 Å². The minimum atomic E-state index is 0.643. The summed E-state index contributed by atoms with van der Waals surface area (Å²) in [5.74, 6) is 2.31. The van der Waals surface area contributed by atoms with Gasteiger partial charge in [-0.25, -0.2) is 0 Å². The lowest BCUT2D eigenvalue weighted by Gasteiger charge is -2.29. The van der Waals surface area contributed by atoms with Crippen LogP contribution in [0.4, 0.5) is 0 Å². The molecule has 0 amide bonds. The number of ether oxygens (including phenoxy) is 2. The number of hydrogen-bond donors (Lipinski definition) is 0. The zero-order valence-corrected chi connectivity index (χ0v) is 9.93. The Hall–Kier alpha value is -0.700. The molecule has 0 saturated carbocycles. The van der Waals surface area contributed by atoms with Gasteiger partial charge < -0.3 is 9.47 Å². The molecule has 14 heavy (non-hydrogen) atoms. The minimum absolute atomic E-state index is 0.643. The van der Waals surface area contributed by atoms with Gasteiger partial charge in [-0.05, 0) is 35.6 Å². The van der Waals surface area contributed by atoms with Gasteiger partial charge in [-0.1, -0.05) is 15.9 Å². The van der Waals surface area contributed by atoms with E-state index in [1.165, 1.54) is 11.1 Å². The van der Waals surface area contributed by atoms with Crippen LogP contribution in [0.15, 0.2) is 12.1 Å². The summed E-state index contributed by atoms with van der Waals surface area (Å²) in [4.78, 5) is 0. The SMILES string of the molecule is COc1cc2c(cc1OC)C(CBr)C2. The number of methoxy groups -OCH3 is 2. The number of hydrogen-bond acceptors (Lipinski definition) is 2. The molecular weight excluding hydrogens is 244 g/mol. The highest BCUT2D eigenvalue weighted by Crippen LogP contribution is 2.42. The number of benzene rings is 1. The van der Waals surface area contributed by atoms with Gasteiger partial charge in [0.05, 0.1) is 14.2 Å². The molecule has 0 aromatic heterocycles. The van der Waals surface area contributed by atoms with E-state index in [1.807, 2.05) is 0 Å². The Bertz CT molecular complexity index is 349. The molecule has 0 fully saturated rings. The highest BCUT2D eigenvalue weighted by atomic mass is 79.9. The second-order valence-corrected chi connectivity index (χ2v) is 4.11. The number of halogens is 1. The van der Waals surface area contributed by atoms with Crippen LogP contribution in [0.3, 0.4) is 0 Å². The molecule has 1 aromatic carbocycles. The molecule has 76 valence electrons. The van der Waals surface area contributed by atoms with E-state index in [0.29, 0.717) is 5.92 Å². The maximum absolute atomic E-state index is 5.26. The Morgan fingerprint density at radius 3 is 2.50 bits per heavy atom. The third kappa shape index (κ3) is 1.40. The zero-order chi connectivity index (χ0) is 10.1. The second-order valence-electron chi connectivity index (χ2n) is 3.46. The standard InChI is InChI=1S/C11H13BrO2/c1-13-10-4-7-3-8(6-12)9(7)5-11(10)14-2/h4-5,8H,3,6H2,1-2H3. The Morgan fingerprint density at radius 2 is 1.93 bits per heavy atom. The van der Waals surface area contributed by atoms with Crippen molar-refractivity contribution in [1.82, 2.24) is 0 Å². The molecule has 0 radical (unpaired) electrons. The van der Waals surface area contributed by atoms with Crippen molar-refractivity contribution in [3.8, 4) is 11.5 Å². The van der Waals surface area contributed by atoms with E-state index >= 15 is 0 Å². The van der Waals surface area contributed by atoms with Crippen molar-refractivity contribution in [2.24, 2.45) is 0 Å². The summed E-state index contributed by atoms with van der Waals surface area (Å²) >= 11 is 3.51. The average molecular weight is 257 g/mol. The van der Waals surface area contributed by atoms with Crippen LogP contribution in [0.25, 0.3) is 0 Å². The zero-order valence-electron chi connectivity index (χ0n) is 8.34. The monoisotopic (exact) mass is 256 g/mol. The molecule has 1 aliphatic carbocycles. The van der Waals surface area contributed by atoms with Crippen molar-refractivity contribution in [2.75, 3.05) is 19.5 Å². The molecule has 0 spiro atoms. The predicted octanol–water partition coefficient (Wildman–Crippen LogP) is 2.74. The van der Waals surface area contributed by atoms with Crippen LogP contribution in [0.2, 0.25) is 0 Å². The summed E-state index contributed by atoms with van der Waals surface area (Å²) in [6.07, 6.45) is 1.14. The summed E-state index contributed by atoms with van der Waals surface area (Å²) in [5, 5.41) is 1.02. The van der Waals surface area contributed by atoms with Crippen LogP contribution in [-0.2, 0) is 6.42 Å². The van der Waals surface area contributed by atoms with Gasteiger partial charge in [0.15, 0.2) is 11.5 Å². The fraction of sp³-hybridized carbons (Fsp3) is 0.455. The Labute approximate surface area is 92.3 Å². The molecule has 1 aliphatic rings. The van der Waals surface area contributed by atoms with Gasteiger partial charge in [0.1, 0.15) is 0 Å². The second kappa shape index (κ2) is 3.81. The highest BCUT2D eigenvalue weighted by Gasteiger charge is 2.27. The van der Waals surface area contributed by atoms with E-state index in [9.17, 15) is 0 Å². The molecule has 0 bridgehead atoms. The summed E-state index contributed by atoms with van der Waals surface area (Å²) in [6.45, 7) is 0. The van der Waals surface area contributed by atoms with E-state index in [1.54, 1.807) is 14.2 Å². The number of fused-ring (bicyclic) bond motifs is 1. The van der Waals surface area contributed by atoms with E-state index in [4.69, 9.17) is 9.47 Å². The summed E-state index contributed by atoms with van der Waals surface area (Å²) in [7, 11) is 3.34. The molecule has 2 nitrogen and oxygen atoms in total. The number of alkyl halides is 1. The molecule has 1 aromatic rings. The average Bonchev–Trinajstić information content (AvgIpc) is 2.20. The largest absolute Gasteiger partial charge is 0.493 e. The van der Waals surface area contributed by atoms with Crippen molar-refractivity contribution in [2.45, 2.75) is 12.3 Å². The fourth-order valence-electron chi connectivity index (χ4n) is 1.88. The highest BCUT2D eigenvalue weighted by molar-refractivity contribution is 9.09. The molecular formula is C11H13BrO2. The van der Waals surface area contributed by atoms with E-state index < -0.39 is 0 Å². The van der Waals surface area contributed by atoms with Gasteiger partial charge in [0.25, 0.3) is 0 Å². The normalized spacial score (nSPS) is 18.4. The lowest BCUT2D eigenvalue weighted by atomic mass is 9.78. The van der Waals surface area contributed by atoms with Crippen molar-refractivity contribution < 1.29 is 9.47 Å².